The van der Waals surface area contributed by atoms with Gasteiger partial charge in [0.25, 0.3) is 0 Å². The van der Waals surface area contributed by atoms with E-state index in [0.717, 1.165) is 71.4 Å². The summed E-state index contributed by atoms with van der Waals surface area (Å²) in [7, 11) is 0. The normalized spacial score (nSPS) is 26.3. The lowest BCUT2D eigenvalue weighted by Crippen LogP contribution is -2.44. The van der Waals surface area contributed by atoms with Crippen LogP contribution in [0.5, 0.6) is 0 Å². The van der Waals surface area contributed by atoms with Crippen molar-refractivity contribution in [3.8, 4) is 0 Å². The van der Waals surface area contributed by atoms with E-state index in [2.05, 4.69) is 22.0 Å². The number of piperidine rings is 3. The molecule has 0 aromatic carbocycles. The van der Waals surface area contributed by atoms with Crippen molar-refractivity contribution in [2.75, 3.05) is 39.3 Å². The number of hydrogen-bond donors (Lipinski definition) is 1. The van der Waals surface area contributed by atoms with E-state index in [1.807, 2.05) is 0 Å². The van der Waals surface area contributed by atoms with E-state index < -0.39 is 0 Å². The Morgan fingerprint density at radius 1 is 1.15 bits per heavy atom. The number of halogens is 1. The van der Waals surface area contributed by atoms with Gasteiger partial charge in [-0.3, -0.25) is 9.59 Å². The molecule has 6 heteroatoms. The fraction of sp³-hybridized carbons (Fsp3) is 0.900. The van der Waals surface area contributed by atoms with Gasteiger partial charge in [0.2, 0.25) is 11.8 Å². The van der Waals surface area contributed by atoms with Crippen LogP contribution in [0.4, 0.5) is 0 Å². The van der Waals surface area contributed by atoms with E-state index in [9.17, 15) is 9.59 Å². The van der Waals surface area contributed by atoms with Gasteiger partial charge in [-0.2, -0.15) is 0 Å². The Labute approximate surface area is 164 Å². The molecule has 2 amide bonds. The topological polar surface area (TPSA) is 52.7 Å². The van der Waals surface area contributed by atoms with Crippen molar-refractivity contribution in [1.29, 1.82) is 0 Å². The number of nitrogens with zero attached hydrogens (tertiary/aromatic N) is 2. The van der Waals surface area contributed by atoms with Gasteiger partial charge in [-0.25, -0.2) is 0 Å². The summed E-state index contributed by atoms with van der Waals surface area (Å²) in [5.74, 6) is 2.38. The molecule has 0 aromatic rings. The van der Waals surface area contributed by atoms with Crippen LogP contribution in [0.25, 0.3) is 0 Å². The van der Waals surface area contributed by atoms with Gasteiger partial charge >= 0.3 is 0 Å². The molecule has 0 aliphatic carbocycles. The third kappa shape index (κ3) is 5.85. The van der Waals surface area contributed by atoms with Gasteiger partial charge in [-0.1, -0.05) is 6.92 Å². The van der Waals surface area contributed by atoms with Crippen LogP contribution in [0.1, 0.15) is 58.3 Å². The predicted octanol–water partition coefficient (Wildman–Crippen LogP) is 2.69. The van der Waals surface area contributed by atoms with Gasteiger partial charge in [-0.05, 0) is 69.4 Å². The molecule has 5 nitrogen and oxygen atoms in total. The summed E-state index contributed by atoms with van der Waals surface area (Å²) in [6.07, 6.45) is 8.22. The Morgan fingerprint density at radius 2 is 1.92 bits per heavy atom. The molecule has 3 aliphatic rings. The SMILES string of the molecule is CC(CC(=O)N1CCC(CN2CCCCC2=O)CC1)C1CCCNC1.Cl. The van der Waals surface area contributed by atoms with E-state index in [1.54, 1.807) is 0 Å². The molecule has 0 radical (unpaired) electrons. The van der Waals surface area contributed by atoms with Gasteiger partial charge in [0.15, 0.2) is 0 Å². The monoisotopic (exact) mass is 385 g/mol. The van der Waals surface area contributed by atoms with Crippen LogP contribution in [-0.2, 0) is 9.59 Å². The molecule has 150 valence electrons. The summed E-state index contributed by atoms with van der Waals surface area (Å²) in [5.41, 5.74) is 0. The molecule has 0 saturated carbocycles. The molecule has 3 rings (SSSR count). The Balaban J connectivity index is 0.00000243. The third-order valence-corrected chi connectivity index (χ3v) is 6.50. The van der Waals surface area contributed by atoms with Gasteiger partial charge in [0.05, 0.1) is 0 Å². The van der Waals surface area contributed by atoms with Crippen LogP contribution >= 0.6 is 12.4 Å². The van der Waals surface area contributed by atoms with Crippen molar-refractivity contribution in [2.24, 2.45) is 17.8 Å². The van der Waals surface area contributed by atoms with E-state index in [1.165, 1.54) is 12.8 Å². The van der Waals surface area contributed by atoms with Crippen LogP contribution in [0.15, 0.2) is 0 Å². The highest BCUT2D eigenvalue weighted by atomic mass is 35.5. The Bertz CT molecular complexity index is 460. The number of rotatable bonds is 5. The number of likely N-dealkylation sites (tertiary alicyclic amines) is 2. The second kappa shape index (κ2) is 10.5. The lowest BCUT2D eigenvalue weighted by Gasteiger charge is -2.37. The number of amides is 2. The Kier molecular flexibility index (Phi) is 8.68. The number of carbonyl (C=O) groups is 2. The first kappa shape index (κ1) is 21.5. The highest BCUT2D eigenvalue weighted by Gasteiger charge is 2.29. The maximum Gasteiger partial charge on any atom is 0.222 e. The van der Waals surface area contributed by atoms with E-state index in [-0.39, 0.29) is 12.4 Å². The molecule has 0 bridgehead atoms. The van der Waals surface area contributed by atoms with Crippen molar-refractivity contribution in [3.05, 3.63) is 0 Å². The van der Waals surface area contributed by atoms with Gasteiger partial charge in [0, 0.05) is 39.0 Å². The zero-order chi connectivity index (χ0) is 17.6. The average molecular weight is 386 g/mol. The molecule has 0 aromatic heterocycles. The first-order valence-corrected chi connectivity index (χ1v) is 10.4. The average Bonchev–Trinajstić information content (AvgIpc) is 2.65. The minimum absolute atomic E-state index is 0. The smallest absolute Gasteiger partial charge is 0.222 e. The summed E-state index contributed by atoms with van der Waals surface area (Å²) in [6.45, 7) is 8.03. The standard InChI is InChI=1S/C20H35N3O2.ClH/c1-16(18-5-4-9-21-14-18)13-20(25)22-11-7-17(8-12-22)15-23-10-3-2-6-19(23)24;/h16-18,21H,2-15H2,1H3;1H. The van der Waals surface area contributed by atoms with Gasteiger partial charge < -0.3 is 15.1 Å². The zero-order valence-electron chi connectivity index (χ0n) is 16.3. The van der Waals surface area contributed by atoms with Crippen LogP contribution in [0.3, 0.4) is 0 Å². The molecule has 3 saturated heterocycles. The summed E-state index contributed by atoms with van der Waals surface area (Å²) in [4.78, 5) is 28.7. The molecule has 3 heterocycles. The zero-order valence-corrected chi connectivity index (χ0v) is 17.1. The van der Waals surface area contributed by atoms with Gasteiger partial charge in [0.1, 0.15) is 0 Å². The first-order chi connectivity index (χ1) is 12.1. The summed E-state index contributed by atoms with van der Waals surface area (Å²) in [5, 5.41) is 3.46. The lowest BCUT2D eigenvalue weighted by molar-refractivity contribution is -0.136. The van der Waals surface area contributed by atoms with Crippen molar-refractivity contribution < 1.29 is 9.59 Å². The Hall–Kier alpha value is -0.810. The molecule has 1 N–H and O–H groups in total. The van der Waals surface area contributed by atoms with Crippen LogP contribution < -0.4 is 5.32 Å². The molecule has 2 unspecified atom stereocenters. The first-order valence-electron chi connectivity index (χ1n) is 10.4. The fourth-order valence-electron chi connectivity index (χ4n) is 4.67. The van der Waals surface area contributed by atoms with Crippen LogP contribution in [0, 0.1) is 17.8 Å². The Morgan fingerprint density at radius 3 is 2.58 bits per heavy atom. The second-order valence-electron chi connectivity index (χ2n) is 8.41. The fourth-order valence-corrected chi connectivity index (χ4v) is 4.67. The molecule has 2 atom stereocenters. The van der Waals surface area contributed by atoms with Crippen molar-refractivity contribution in [1.82, 2.24) is 15.1 Å². The van der Waals surface area contributed by atoms with Crippen molar-refractivity contribution in [3.63, 3.8) is 0 Å². The summed E-state index contributed by atoms with van der Waals surface area (Å²) in [6, 6.07) is 0. The molecule has 3 aliphatic heterocycles. The molecule has 26 heavy (non-hydrogen) atoms. The maximum atomic E-state index is 12.6. The van der Waals surface area contributed by atoms with Crippen LogP contribution in [0.2, 0.25) is 0 Å². The highest BCUT2D eigenvalue weighted by molar-refractivity contribution is 5.85. The van der Waals surface area contributed by atoms with Crippen LogP contribution in [-0.4, -0.2) is 60.9 Å². The molecular formula is C20H36ClN3O2. The highest BCUT2D eigenvalue weighted by Crippen LogP contribution is 2.25. The number of hydrogen-bond acceptors (Lipinski definition) is 3. The minimum Gasteiger partial charge on any atom is -0.343 e. The molecule has 0 spiro atoms. The van der Waals surface area contributed by atoms with Crippen molar-refractivity contribution >= 4 is 24.2 Å². The molecular weight excluding hydrogens is 350 g/mol. The third-order valence-electron chi connectivity index (χ3n) is 6.50. The summed E-state index contributed by atoms with van der Waals surface area (Å²) >= 11 is 0. The maximum absolute atomic E-state index is 12.6. The summed E-state index contributed by atoms with van der Waals surface area (Å²) < 4.78 is 0. The molecule has 3 fully saturated rings. The number of nitrogens with one attached hydrogen (secondary N) is 1. The largest absolute Gasteiger partial charge is 0.343 e. The van der Waals surface area contributed by atoms with Crippen molar-refractivity contribution in [2.45, 2.75) is 58.3 Å². The number of carbonyl (C=O) groups excluding carboxylic acids is 2. The van der Waals surface area contributed by atoms with E-state index in [0.29, 0.717) is 36.0 Å². The quantitative estimate of drug-likeness (QED) is 0.791. The minimum atomic E-state index is 0. The van der Waals surface area contributed by atoms with E-state index >= 15 is 0 Å². The van der Waals surface area contributed by atoms with Gasteiger partial charge in [-0.15, -0.1) is 12.4 Å². The van der Waals surface area contributed by atoms with E-state index in [4.69, 9.17) is 0 Å². The second-order valence-corrected chi connectivity index (χ2v) is 8.41. The predicted molar refractivity (Wildman–Crippen MR) is 106 cm³/mol. The lowest BCUT2D eigenvalue weighted by atomic mass is 9.85.